The van der Waals surface area contributed by atoms with Crippen molar-refractivity contribution < 1.29 is 23.5 Å². The molecule has 3 aromatic rings. The molecule has 1 atom stereocenters. The molecule has 2 fully saturated rings. The van der Waals surface area contributed by atoms with Crippen molar-refractivity contribution in [3.8, 4) is 5.75 Å². The summed E-state index contributed by atoms with van der Waals surface area (Å²) in [6, 6.07) is 20.2. The van der Waals surface area contributed by atoms with E-state index in [-0.39, 0.29) is 29.7 Å². The second-order valence-corrected chi connectivity index (χ2v) is 11.2. The molecule has 3 aromatic carbocycles. The minimum atomic E-state index is -0.539. The van der Waals surface area contributed by atoms with Crippen LogP contribution < -0.4 is 4.74 Å². The van der Waals surface area contributed by atoms with Gasteiger partial charge in [0.1, 0.15) is 24.0 Å². The predicted molar refractivity (Wildman–Crippen MR) is 148 cm³/mol. The van der Waals surface area contributed by atoms with E-state index in [1.54, 1.807) is 23.1 Å². The number of amides is 1. The zero-order valence-corrected chi connectivity index (χ0v) is 22.5. The number of ketones is 2. The number of ether oxygens (including phenoxy) is 1. The number of likely N-dealkylation sites (tertiary alicyclic amines) is 1. The van der Waals surface area contributed by atoms with Crippen LogP contribution in [0, 0.1) is 5.82 Å². The van der Waals surface area contributed by atoms with E-state index in [4.69, 9.17) is 4.74 Å². The van der Waals surface area contributed by atoms with Gasteiger partial charge in [0, 0.05) is 24.1 Å². The highest BCUT2D eigenvalue weighted by Crippen LogP contribution is 2.35. The van der Waals surface area contributed by atoms with Crippen LogP contribution in [-0.2, 0) is 29.3 Å². The topological polar surface area (TPSA) is 66.9 Å². The maximum atomic E-state index is 13.3. The van der Waals surface area contributed by atoms with E-state index in [1.165, 1.54) is 11.1 Å². The van der Waals surface area contributed by atoms with Gasteiger partial charge in [-0.15, -0.1) is 0 Å². The zero-order chi connectivity index (χ0) is 27.6. The summed E-state index contributed by atoms with van der Waals surface area (Å²) in [5.41, 5.74) is 4.88. The van der Waals surface area contributed by atoms with Crippen LogP contribution >= 0.6 is 0 Å². The summed E-state index contributed by atoms with van der Waals surface area (Å²) in [5.74, 6) is 0.555. The van der Waals surface area contributed by atoms with E-state index in [2.05, 4.69) is 23.1 Å². The molecular formula is C33H33FN2O4. The lowest BCUT2D eigenvalue weighted by Crippen LogP contribution is -2.44. The van der Waals surface area contributed by atoms with Crippen LogP contribution in [0.1, 0.15) is 70.6 Å². The van der Waals surface area contributed by atoms with Crippen molar-refractivity contribution in [2.24, 2.45) is 0 Å². The van der Waals surface area contributed by atoms with Crippen LogP contribution in [0.2, 0.25) is 0 Å². The van der Waals surface area contributed by atoms with Crippen LogP contribution in [0.3, 0.4) is 0 Å². The molecule has 6 nitrogen and oxygen atoms in total. The first kappa shape index (κ1) is 26.4. The number of carbonyl (C=O) groups excluding carboxylic acids is 3. The molecule has 2 aliphatic heterocycles. The van der Waals surface area contributed by atoms with E-state index in [9.17, 15) is 18.8 Å². The van der Waals surface area contributed by atoms with E-state index in [0.29, 0.717) is 43.2 Å². The summed E-state index contributed by atoms with van der Waals surface area (Å²) < 4.78 is 19.5. The van der Waals surface area contributed by atoms with Crippen LogP contribution in [0.5, 0.6) is 5.75 Å². The molecule has 1 aliphatic carbocycles. The highest BCUT2D eigenvalue weighted by atomic mass is 19.1. The Bertz CT molecular complexity index is 1430. The third-order valence-electron chi connectivity index (χ3n) is 8.49. The molecule has 1 saturated carbocycles. The van der Waals surface area contributed by atoms with Crippen molar-refractivity contribution in [1.82, 2.24) is 9.80 Å². The lowest BCUT2D eigenvalue weighted by Gasteiger charge is -2.32. The molecule has 0 spiro atoms. The average Bonchev–Trinajstić information content (AvgIpc) is 3.29. The first-order valence-corrected chi connectivity index (χ1v) is 14.1. The quantitative estimate of drug-likeness (QED) is 0.374. The molecule has 0 radical (unpaired) electrons. The second kappa shape index (κ2) is 11.3. The number of benzene rings is 3. The Balaban J connectivity index is 1.06. The van der Waals surface area contributed by atoms with Gasteiger partial charge in [-0.05, 0) is 79.2 Å². The maximum Gasteiger partial charge on any atom is 0.255 e. The van der Waals surface area contributed by atoms with Gasteiger partial charge in [0.2, 0.25) is 0 Å². The van der Waals surface area contributed by atoms with Crippen molar-refractivity contribution in [1.29, 1.82) is 0 Å². The van der Waals surface area contributed by atoms with Crippen LogP contribution in [-0.4, -0.2) is 46.4 Å². The number of rotatable bonds is 7. The van der Waals surface area contributed by atoms with Gasteiger partial charge in [0.25, 0.3) is 5.91 Å². The summed E-state index contributed by atoms with van der Waals surface area (Å²) >= 11 is 0. The van der Waals surface area contributed by atoms with Crippen molar-refractivity contribution in [2.45, 2.75) is 63.8 Å². The fourth-order valence-corrected chi connectivity index (χ4v) is 6.30. The number of hydrogen-bond donors (Lipinski definition) is 0. The standard InChI is InChI=1S/C33H33FN2O4/c34-26-9-7-24(8-10-26)25-13-15-35(16-14-25)19-22-3-1-4-23(17-22)21-40-32-6-2-5-28-29(32)20-36(33(28)39)30-12-11-27(37)18-31(30)38/h1-10,17,25,30H,11-16,18-21H2. The number of fused-ring (bicyclic) bond motifs is 1. The Morgan fingerprint density at radius 1 is 0.875 bits per heavy atom. The summed E-state index contributed by atoms with van der Waals surface area (Å²) in [5, 5.41) is 0. The number of hydrogen-bond acceptors (Lipinski definition) is 5. The fourth-order valence-electron chi connectivity index (χ4n) is 6.30. The largest absolute Gasteiger partial charge is 0.489 e. The van der Waals surface area contributed by atoms with E-state index < -0.39 is 6.04 Å². The molecule has 1 saturated heterocycles. The van der Waals surface area contributed by atoms with E-state index in [1.807, 2.05) is 30.3 Å². The van der Waals surface area contributed by atoms with E-state index in [0.717, 1.165) is 43.6 Å². The minimum Gasteiger partial charge on any atom is -0.489 e. The minimum absolute atomic E-state index is 0.0499. The van der Waals surface area contributed by atoms with Crippen LogP contribution in [0.25, 0.3) is 0 Å². The highest BCUT2D eigenvalue weighted by Gasteiger charge is 2.40. The fraction of sp³-hybridized carbons (Fsp3) is 0.364. The molecular weight excluding hydrogens is 507 g/mol. The number of Topliss-reactive ketones (excluding diaryl/α,β-unsaturated/α-hetero) is 2. The molecule has 0 bridgehead atoms. The van der Waals surface area contributed by atoms with Crippen molar-refractivity contribution >= 4 is 17.5 Å². The summed E-state index contributed by atoms with van der Waals surface area (Å²) in [4.78, 5) is 41.3. The predicted octanol–water partition coefficient (Wildman–Crippen LogP) is 5.43. The average molecular weight is 541 g/mol. The Hall–Kier alpha value is -3.84. The van der Waals surface area contributed by atoms with Crippen LogP contribution in [0.4, 0.5) is 4.39 Å². The normalized spacial score (nSPS) is 20.2. The lowest BCUT2D eigenvalue weighted by molar-refractivity contribution is -0.133. The van der Waals surface area contributed by atoms with Gasteiger partial charge < -0.3 is 9.64 Å². The Kier molecular flexibility index (Phi) is 7.48. The lowest BCUT2D eigenvalue weighted by atomic mass is 9.89. The number of carbonyl (C=O) groups is 3. The van der Waals surface area contributed by atoms with Gasteiger partial charge in [-0.3, -0.25) is 19.3 Å². The summed E-state index contributed by atoms with van der Waals surface area (Å²) in [7, 11) is 0. The number of piperidine rings is 1. The Morgan fingerprint density at radius 2 is 1.62 bits per heavy atom. The zero-order valence-electron chi connectivity index (χ0n) is 22.5. The van der Waals surface area contributed by atoms with Gasteiger partial charge in [0.05, 0.1) is 19.0 Å². The van der Waals surface area contributed by atoms with Crippen molar-refractivity contribution in [2.75, 3.05) is 13.1 Å². The first-order chi connectivity index (χ1) is 19.4. The Labute approximate surface area is 233 Å². The van der Waals surface area contributed by atoms with Gasteiger partial charge in [-0.1, -0.05) is 42.5 Å². The molecule has 1 unspecified atom stereocenters. The van der Waals surface area contributed by atoms with Gasteiger partial charge >= 0.3 is 0 Å². The third kappa shape index (κ3) is 5.56. The van der Waals surface area contributed by atoms with Gasteiger partial charge in [-0.25, -0.2) is 4.39 Å². The Morgan fingerprint density at radius 3 is 2.40 bits per heavy atom. The molecule has 1 amide bonds. The smallest absolute Gasteiger partial charge is 0.255 e. The van der Waals surface area contributed by atoms with Gasteiger partial charge in [-0.2, -0.15) is 0 Å². The number of nitrogens with zero attached hydrogens (tertiary/aromatic N) is 2. The van der Waals surface area contributed by atoms with Gasteiger partial charge in [0.15, 0.2) is 5.78 Å². The molecule has 7 heteroatoms. The first-order valence-electron chi connectivity index (χ1n) is 14.1. The monoisotopic (exact) mass is 540 g/mol. The molecule has 0 aromatic heterocycles. The molecule has 0 N–H and O–H groups in total. The summed E-state index contributed by atoms with van der Waals surface area (Å²) in [6.45, 7) is 3.57. The van der Waals surface area contributed by atoms with Crippen molar-refractivity contribution in [3.05, 3.63) is 100 Å². The third-order valence-corrected chi connectivity index (χ3v) is 8.49. The van der Waals surface area contributed by atoms with E-state index >= 15 is 0 Å². The maximum absolute atomic E-state index is 13.3. The van der Waals surface area contributed by atoms with Crippen molar-refractivity contribution in [3.63, 3.8) is 0 Å². The molecule has 40 heavy (non-hydrogen) atoms. The SMILES string of the molecule is O=C1CCC(N2Cc3c(OCc4cccc(CN5CCC(c6ccc(F)cc6)CC5)c4)cccc3C2=O)C(=O)C1. The molecule has 3 aliphatic rings. The summed E-state index contributed by atoms with van der Waals surface area (Å²) in [6.07, 6.45) is 2.77. The van der Waals surface area contributed by atoms with Crippen LogP contribution in [0.15, 0.2) is 66.7 Å². The highest BCUT2D eigenvalue weighted by molar-refractivity contribution is 6.07. The molecule has 206 valence electrons. The molecule has 2 heterocycles. The second-order valence-electron chi connectivity index (χ2n) is 11.2. The number of halogens is 1. The molecule has 6 rings (SSSR count).